The monoisotopic (exact) mass is 331 g/mol. The molecule has 3 rings (SSSR count). The van der Waals surface area contributed by atoms with Crippen molar-refractivity contribution in [1.82, 2.24) is 0 Å². The van der Waals surface area contributed by atoms with Gasteiger partial charge in [-0.05, 0) is 34.5 Å². The average Bonchev–Trinajstić information content (AvgIpc) is 2.66. The Hall–Kier alpha value is -3.40. The smallest absolute Gasteiger partial charge is 0.339 e. The van der Waals surface area contributed by atoms with E-state index in [1.54, 1.807) is 30.3 Å². The van der Waals surface area contributed by atoms with E-state index in [1.165, 1.54) is 13.2 Å². The third kappa shape index (κ3) is 3.75. The maximum Gasteiger partial charge on any atom is 0.339 e. The highest BCUT2D eigenvalue weighted by atomic mass is 16.5. The first-order valence-corrected chi connectivity index (χ1v) is 7.83. The molecule has 0 aromatic heterocycles. The van der Waals surface area contributed by atoms with Crippen LogP contribution in [0.3, 0.4) is 0 Å². The Morgan fingerprint density at radius 3 is 2.48 bits per heavy atom. The molecule has 0 bridgehead atoms. The van der Waals surface area contributed by atoms with Crippen LogP contribution in [0.5, 0.6) is 0 Å². The van der Waals surface area contributed by atoms with Gasteiger partial charge in [-0.25, -0.2) is 4.79 Å². The molecule has 0 aliphatic carbocycles. The second-order valence-electron chi connectivity index (χ2n) is 5.43. The van der Waals surface area contributed by atoms with E-state index in [0.29, 0.717) is 11.3 Å². The number of fused-ring (bicyclic) bond motifs is 1. The number of ether oxygens (including phenoxy) is 1. The van der Waals surface area contributed by atoms with Crippen molar-refractivity contribution < 1.29 is 14.3 Å². The van der Waals surface area contributed by atoms with Crippen LogP contribution in [0, 0.1) is 0 Å². The van der Waals surface area contributed by atoms with E-state index in [0.717, 1.165) is 16.3 Å². The highest BCUT2D eigenvalue weighted by Crippen LogP contribution is 2.20. The van der Waals surface area contributed by atoms with Gasteiger partial charge in [0, 0.05) is 6.08 Å². The van der Waals surface area contributed by atoms with Crippen molar-refractivity contribution in [2.75, 3.05) is 12.4 Å². The van der Waals surface area contributed by atoms with Gasteiger partial charge in [-0.1, -0.05) is 54.6 Å². The molecule has 0 saturated carbocycles. The van der Waals surface area contributed by atoms with E-state index in [2.05, 4.69) is 5.32 Å². The van der Waals surface area contributed by atoms with E-state index in [1.807, 2.05) is 42.5 Å². The highest BCUT2D eigenvalue weighted by Gasteiger charge is 2.12. The first-order valence-electron chi connectivity index (χ1n) is 7.83. The van der Waals surface area contributed by atoms with Crippen molar-refractivity contribution in [1.29, 1.82) is 0 Å². The summed E-state index contributed by atoms with van der Waals surface area (Å²) in [5, 5.41) is 4.90. The summed E-state index contributed by atoms with van der Waals surface area (Å²) in [7, 11) is 1.31. The first-order chi connectivity index (χ1) is 12.2. The molecule has 0 heterocycles. The van der Waals surface area contributed by atoms with Gasteiger partial charge < -0.3 is 10.1 Å². The van der Waals surface area contributed by atoms with Crippen LogP contribution in [-0.2, 0) is 9.53 Å². The fourth-order valence-electron chi connectivity index (χ4n) is 2.62. The molecule has 0 aliphatic rings. The lowest BCUT2D eigenvalue weighted by molar-refractivity contribution is -0.111. The Morgan fingerprint density at radius 2 is 1.64 bits per heavy atom. The molecule has 0 fully saturated rings. The molecule has 25 heavy (non-hydrogen) atoms. The Balaban J connectivity index is 1.81. The summed E-state index contributed by atoms with van der Waals surface area (Å²) in [6.45, 7) is 0. The molecule has 124 valence electrons. The van der Waals surface area contributed by atoms with Crippen molar-refractivity contribution in [3.05, 3.63) is 83.9 Å². The van der Waals surface area contributed by atoms with E-state index in [-0.39, 0.29) is 5.91 Å². The molecule has 0 spiro atoms. The fraction of sp³-hybridized carbons (Fsp3) is 0.0476. The molecule has 1 amide bonds. The number of nitrogens with one attached hydrogen (secondary N) is 1. The minimum absolute atomic E-state index is 0.315. The van der Waals surface area contributed by atoms with Crippen LogP contribution in [0.1, 0.15) is 15.9 Å². The molecule has 4 heteroatoms. The third-order valence-corrected chi connectivity index (χ3v) is 3.83. The summed E-state index contributed by atoms with van der Waals surface area (Å²) < 4.78 is 4.73. The predicted octanol–water partition coefficient (Wildman–Crippen LogP) is 4.28. The number of esters is 1. The van der Waals surface area contributed by atoms with Crippen LogP contribution in [0.2, 0.25) is 0 Å². The Kier molecular flexibility index (Phi) is 4.90. The summed E-state index contributed by atoms with van der Waals surface area (Å²) in [5.74, 6) is -0.807. The number of benzene rings is 3. The minimum Gasteiger partial charge on any atom is -0.465 e. The van der Waals surface area contributed by atoms with Gasteiger partial charge in [0.1, 0.15) is 0 Å². The molecule has 0 unspecified atom stereocenters. The lowest BCUT2D eigenvalue weighted by Gasteiger charge is -2.08. The molecular weight excluding hydrogens is 314 g/mol. The van der Waals surface area contributed by atoms with Gasteiger partial charge in [0.05, 0.1) is 18.4 Å². The van der Waals surface area contributed by atoms with Crippen LogP contribution < -0.4 is 5.32 Å². The molecule has 0 aliphatic heterocycles. The van der Waals surface area contributed by atoms with Crippen LogP contribution in [0.4, 0.5) is 5.69 Å². The summed E-state index contributed by atoms with van der Waals surface area (Å²) in [6.07, 6.45) is 3.22. The van der Waals surface area contributed by atoms with Crippen molar-refractivity contribution in [3.8, 4) is 0 Å². The average molecular weight is 331 g/mol. The maximum absolute atomic E-state index is 12.2. The number of methoxy groups -OCH3 is 1. The lowest BCUT2D eigenvalue weighted by atomic mass is 10.0. The van der Waals surface area contributed by atoms with E-state index < -0.39 is 5.97 Å². The number of hydrogen-bond acceptors (Lipinski definition) is 3. The van der Waals surface area contributed by atoms with Crippen molar-refractivity contribution in [3.63, 3.8) is 0 Å². The Morgan fingerprint density at radius 1 is 0.920 bits per heavy atom. The number of carbonyl (C=O) groups excluding carboxylic acids is 2. The van der Waals surface area contributed by atoms with Gasteiger partial charge in [0.15, 0.2) is 0 Å². The number of amides is 1. The van der Waals surface area contributed by atoms with Crippen molar-refractivity contribution in [2.45, 2.75) is 0 Å². The minimum atomic E-state index is -0.492. The fourth-order valence-corrected chi connectivity index (χ4v) is 2.62. The predicted molar refractivity (Wildman–Crippen MR) is 99.4 cm³/mol. The molecule has 3 aromatic carbocycles. The normalized spacial score (nSPS) is 10.8. The molecule has 4 nitrogen and oxygen atoms in total. The number of hydrogen-bond donors (Lipinski definition) is 1. The number of para-hydroxylation sites is 1. The van der Waals surface area contributed by atoms with Gasteiger partial charge in [-0.2, -0.15) is 0 Å². The van der Waals surface area contributed by atoms with E-state index >= 15 is 0 Å². The van der Waals surface area contributed by atoms with Crippen molar-refractivity contribution in [2.24, 2.45) is 0 Å². The van der Waals surface area contributed by atoms with Gasteiger partial charge >= 0.3 is 5.97 Å². The summed E-state index contributed by atoms with van der Waals surface area (Å²) >= 11 is 0. The third-order valence-electron chi connectivity index (χ3n) is 3.83. The summed E-state index contributed by atoms with van der Waals surface area (Å²) in [6, 6.07) is 20.6. The van der Waals surface area contributed by atoms with Crippen LogP contribution in [-0.4, -0.2) is 19.0 Å². The number of anilines is 1. The largest absolute Gasteiger partial charge is 0.465 e. The summed E-state index contributed by atoms with van der Waals surface area (Å²) in [5.41, 5.74) is 1.69. The zero-order valence-electron chi connectivity index (χ0n) is 13.7. The molecule has 0 radical (unpaired) electrons. The molecule has 0 saturated heterocycles. The SMILES string of the molecule is COC(=O)c1ccccc1NC(=O)/C=C\c1cccc2ccccc12. The quantitative estimate of drug-likeness (QED) is 0.573. The Labute approximate surface area is 145 Å². The van der Waals surface area contributed by atoms with Gasteiger partial charge in [0.25, 0.3) is 0 Å². The molecule has 0 atom stereocenters. The topological polar surface area (TPSA) is 55.4 Å². The van der Waals surface area contributed by atoms with E-state index in [9.17, 15) is 9.59 Å². The van der Waals surface area contributed by atoms with Gasteiger partial charge in [-0.15, -0.1) is 0 Å². The van der Waals surface area contributed by atoms with Crippen molar-refractivity contribution >= 4 is 34.4 Å². The van der Waals surface area contributed by atoms with Gasteiger partial charge in [-0.3, -0.25) is 4.79 Å². The first kappa shape index (κ1) is 16.5. The van der Waals surface area contributed by atoms with Gasteiger partial charge in [0.2, 0.25) is 5.91 Å². The second-order valence-corrected chi connectivity index (χ2v) is 5.43. The zero-order valence-corrected chi connectivity index (χ0v) is 13.7. The number of rotatable bonds is 4. The van der Waals surface area contributed by atoms with Crippen LogP contribution in [0.25, 0.3) is 16.8 Å². The summed E-state index contributed by atoms with van der Waals surface area (Å²) in [4.78, 5) is 24.0. The van der Waals surface area contributed by atoms with Crippen LogP contribution >= 0.6 is 0 Å². The molecular formula is C21H17NO3. The van der Waals surface area contributed by atoms with Crippen LogP contribution in [0.15, 0.2) is 72.8 Å². The Bertz CT molecular complexity index is 955. The standard InChI is InChI=1S/C21H17NO3/c1-25-21(24)18-11-4-5-12-19(18)22-20(23)14-13-16-9-6-8-15-7-2-3-10-17(15)16/h2-14H,1H3,(H,22,23)/b14-13-. The molecule has 3 aromatic rings. The maximum atomic E-state index is 12.2. The highest BCUT2D eigenvalue weighted by molar-refractivity contribution is 6.07. The molecule has 1 N–H and O–H groups in total. The zero-order chi connectivity index (χ0) is 17.6. The number of carbonyl (C=O) groups is 2. The van der Waals surface area contributed by atoms with E-state index in [4.69, 9.17) is 4.74 Å². The second kappa shape index (κ2) is 7.45. The lowest BCUT2D eigenvalue weighted by Crippen LogP contribution is -2.12.